The van der Waals surface area contributed by atoms with Gasteiger partial charge in [0.05, 0.1) is 12.5 Å². The van der Waals surface area contributed by atoms with Crippen LogP contribution in [0, 0.1) is 5.92 Å². The van der Waals surface area contributed by atoms with Gasteiger partial charge in [0.1, 0.15) is 11.3 Å². The van der Waals surface area contributed by atoms with E-state index in [2.05, 4.69) is 5.32 Å². The zero-order valence-corrected chi connectivity index (χ0v) is 13.0. The number of rotatable bonds is 3. The van der Waals surface area contributed by atoms with Crippen molar-refractivity contribution in [3.63, 3.8) is 0 Å². The van der Waals surface area contributed by atoms with Crippen LogP contribution in [-0.2, 0) is 11.3 Å². The molecule has 1 fully saturated rings. The number of nitrogens with zero attached hydrogens (tertiary/aromatic N) is 1. The van der Waals surface area contributed by atoms with Gasteiger partial charge in [-0.3, -0.25) is 4.79 Å². The summed E-state index contributed by atoms with van der Waals surface area (Å²) >= 11 is 0. The number of para-hydroxylation sites is 1. The molecule has 0 aliphatic carbocycles. The number of hydrogen-bond donors (Lipinski definition) is 1. The van der Waals surface area contributed by atoms with Crippen LogP contribution in [0.25, 0.3) is 11.0 Å². The zero-order valence-electron chi connectivity index (χ0n) is 12.2. The molecule has 0 saturated carbocycles. The molecular formula is C16H21ClN2O2. The average molecular weight is 309 g/mol. The second-order valence-electron chi connectivity index (χ2n) is 5.49. The molecule has 1 aromatic carbocycles. The van der Waals surface area contributed by atoms with E-state index in [1.54, 1.807) is 4.90 Å². The molecule has 1 amide bonds. The minimum Gasteiger partial charge on any atom is -0.459 e. The Morgan fingerprint density at radius 1 is 1.43 bits per heavy atom. The van der Waals surface area contributed by atoms with Crippen molar-refractivity contribution in [1.29, 1.82) is 0 Å². The topological polar surface area (TPSA) is 45.5 Å². The molecule has 5 heteroatoms. The second kappa shape index (κ2) is 6.96. The maximum Gasteiger partial charge on any atom is 0.227 e. The fourth-order valence-corrected chi connectivity index (χ4v) is 2.80. The lowest BCUT2D eigenvalue weighted by atomic mass is 9.98. The van der Waals surface area contributed by atoms with E-state index in [9.17, 15) is 4.79 Å². The molecule has 0 spiro atoms. The standard InChI is InChI=1S/C16H20N2O2.ClH/c1-18(16(19)13-6-4-8-17-10-13)11-14-9-12-5-2-3-7-15(12)20-14;/h2-3,5,7,9,13,17H,4,6,8,10-11H2,1H3;1H. The molecule has 0 radical (unpaired) electrons. The summed E-state index contributed by atoms with van der Waals surface area (Å²) in [5, 5.41) is 4.37. The number of fused-ring (bicyclic) bond motifs is 1. The van der Waals surface area contributed by atoms with Crippen molar-refractivity contribution >= 4 is 29.3 Å². The summed E-state index contributed by atoms with van der Waals surface area (Å²) in [6.45, 7) is 2.35. The fourth-order valence-electron chi connectivity index (χ4n) is 2.80. The van der Waals surface area contributed by atoms with E-state index < -0.39 is 0 Å². The van der Waals surface area contributed by atoms with Crippen LogP contribution >= 0.6 is 12.4 Å². The normalized spacial score (nSPS) is 18.2. The summed E-state index contributed by atoms with van der Waals surface area (Å²) in [6, 6.07) is 9.93. The first-order chi connectivity index (χ1) is 9.74. The van der Waals surface area contributed by atoms with Crippen molar-refractivity contribution < 1.29 is 9.21 Å². The van der Waals surface area contributed by atoms with Gasteiger partial charge in [0.15, 0.2) is 0 Å². The summed E-state index contributed by atoms with van der Waals surface area (Å²) in [6.07, 6.45) is 2.06. The maximum atomic E-state index is 12.4. The molecule has 4 nitrogen and oxygen atoms in total. The van der Waals surface area contributed by atoms with Gasteiger partial charge in [-0.15, -0.1) is 12.4 Å². The van der Waals surface area contributed by atoms with Gasteiger partial charge in [-0.2, -0.15) is 0 Å². The lowest BCUT2D eigenvalue weighted by Gasteiger charge is -2.26. The van der Waals surface area contributed by atoms with E-state index in [-0.39, 0.29) is 24.2 Å². The third-order valence-corrected chi connectivity index (χ3v) is 3.89. The van der Waals surface area contributed by atoms with Crippen LogP contribution in [0.5, 0.6) is 0 Å². The Kier molecular flexibility index (Phi) is 5.26. The summed E-state index contributed by atoms with van der Waals surface area (Å²) < 4.78 is 5.77. The lowest BCUT2D eigenvalue weighted by molar-refractivity contribution is -0.135. The highest BCUT2D eigenvalue weighted by atomic mass is 35.5. The predicted octanol–water partition coefficient (Wildman–Crippen LogP) is 2.81. The smallest absolute Gasteiger partial charge is 0.227 e. The Morgan fingerprint density at radius 3 is 2.95 bits per heavy atom. The van der Waals surface area contributed by atoms with Crippen LogP contribution < -0.4 is 5.32 Å². The van der Waals surface area contributed by atoms with Crippen molar-refractivity contribution in [2.75, 3.05) is 20.1 Å². The van der Waals surface area contributed by atoms with Crippen LogP contribution in [0.4, 0.5) is 0 Å². The molecule has 1 atom stereocenters. The molecule has 21 heavy (non-hydrogen) atoms. The Hall–Kier alpha value is -1.52. The highest BCUT2D eigenvalue weighted by Gasteiger charge is 2.24. The molecule has 2 aromatic rings. The third-order valence-electron chi connectivity index (χ3n) is 3.89. The van der Waals surface area contributed by atoms with Gasteiger partial charge in [-0.1, -0.05) is 18.2 Å². The van der Waals surface area contributed by atoms with Crippen LogP contribution in [0.15, 0.2) is 34.7 Å². The van der Waals surface area contributed by atoms with E-state index >= 15 is 0 Å². The minimum atomic E-state index is 0. The number of hydrogen-bond acceptors (Lipinski definition) is 3. The monoisotopic (exact) mass is 308 g/mol. The number of halogens is 1. The van der Waals surface area contributed by atoms with Gasteiger partial charge >= 0.3 is 0 Å². The molecule has 1 aliphatic heterocycles. The number of furan rings is 1. The Morgan fingerprint density at radius 2 is 2.24 bits per heavy atom. The van der Waals surface area contributed by atoms with Gasteiger partial charge in [0, 0.05) is 19.0 Å². The van der Waals surface area contributed by atoms with Crippen LogP contribution in [0.2, 0.25) is 0 Å². The van der Waals surface area contributed by atoms with Gasteiger partial charge in [0.25, 0.3) is 0 Å². The number of piperidine rings is 1. The Labute approximate surface area is 130 Å². The first-order valence-electron chi connectivity index (χ1n) is 7.17. The van der Waals surface area contributed by atoms with E-state index in [0.717, 1.165) is 42.7 Å². The SMILES string of the molecule is CN(Cc1cc2ccccc2o1)C(=O)C1CCCNC1.Cl. The van der Waals surface area contributed by atoms with E-state index in [1.165, 1.54) is 0 Å². The summed E-state index contributed by atoms with van der Waals surface area (Å²) in [7, 11) is 1.85. The minimum absolute atomic E-state index is 0. The van der Waals surface area contributed by atoms with Crippen molar-refractivity contribution in [2.24, 2.45) is 5.92 Å². The Bertz CT molecular complexity index is 572. The zero-order chi connectivity index (χ0) is 13.9. The number of benzene rings is 1. The van der Waals surface area contributed by atoms with Crippen molar-refractivity contribution in [2.45, 2.75) is 19.4 Å². The van der Waals surface area contributed by atoms with Crippen molar-refractivity contribution in [3.8, 4) is 0 Å². The van der Waals surface area contributed by atoms with Gasteiger partial charge in [-0.05, 0) is 31.5 Å². The molecular weight excluding hydrogens is 288 g/mol. The fraction of sp³-hybridized carbons (Fsp3) is 0.438. The van der Waals surface area contributed by atoms with Gasteiger partial charge in [0.2, 0.25) is 5.91 Å². The van der Waals surface area contributed by atoms with E-state index in [1.807, 2.05) is 37.4 Å². The summed E-state index contributed by atoms with van der Waals surface area (Å²) in [4.78, 5) is 14.1. The van der Waals surface area contributed by atoms with Crippen LogP contribution in [0.1, 0.15) is 18.6 Å². The predicted molar refractivity (Wildman–Crippen MR) is 85.5 cm³/mol. The third kappa shape index (κ3) is 3.57. The number of carbonyl (C=O) groups excluding carboxylic acids is 1. The molecule has 2 heterocycles. The molecule has 114 valence electrons. The second-order valence-corrected chi connectivity index (χ2v) is 5.49. The molecule has 1 aromatic heterocycles. The molecule has 1 saturated heterocycles. The summed E-state index contributed by atoms with van der Waals surface area (Å²) in [5.74, 6) is 1.15. The van der Waals surface area contributed by atoms with E-state index in [0.29, 0.717) is 6.54 Å². The highest BCUT2D eigenvalue weighted by Crippen LogP contribution is 2.21. The molecule has 0 bridgehead atoms. The first kappa shape index (κ1) is 15.9. The van der Waals surface area contributed by atoms with Gasteiger partial charge < -0.3 is 14.6 Å². The largest absolute Gasteiger partial charge is 0.459 e. The van der Waals surface area contributed by atoms with Crippen LogP contribution in [-0.4, -0.2) is 30.9 Å². The van der Waals surface area contributed by atoms with E-state index in [4.69, 9.17) is 4.42 Å². The van der Waals surface area contributed by atoms with Gasteiger partial charge in [-0.25, -0.2) is 0 Å². The molecule has 3 rings (SSSR count). The van der Waals surface area contributed by atoms with Crippen molar-refractivity contribution in [3.05, 3.63) is 36.1 Å². The molecule has 1 N–H and O–H groups in total. The molecule has 1 aliphatic rings. The quantitative estimate of drug-likeness (QED) is 0.948. The number of amides is 1. The maximum absolute atomic E-state index is 12.4. The van der Waals surface area contributed by atoms with Crippen molar-refractivity contribution in [1.82, 2.24) is 10.2 Å². The average Bonchev–Trinajstić information content (AvgIpc) is 2.89. The van der Waals surface area contributed by atoms with Crippen LogP contribution in [0.3, 0.4) is 0 Å². The molecule has 1 unspecified atom stereocenters. The number of nitrogens with one attached hydrogen (secondary N) is 1. The summed E-state index contributed by atoms with van der Waals surface area (Å²) in [5.41, 5.74) is 0.877. The lowest BCUT2D eigenvalue weighted by Crippen LogP contribution is -2.41. The highest BCUT2D eigenvalue weighted by molar-refractivity contribution is 5.85. The number of carbonyl (C=O) groups is 1. The first-order valence-corrected chi connectivity index (χ1v) is 7.17. The Balaban J connectivity index is 0.00000161.